The van der Waals surface area contributed by atoms with Gasteiger partial charge in [-0.1, -0.05) is 0 Å². The fourth-order valence-corrected chi connectivity index (χ4v) is 0.140. The van der Waals surface area contributed by atoms with Crippen LogP contribution < -0.4 is 5.73 Å². The third-order valence-corrected chi connectivity index (χ3v) is 0.326. The molecule has 0 heterocycles. The van der Waals surface area contributed by atoms with Crippen LogP contribution in [0.15, 0.2) is 11.9 Å². The predicted molar refractivity (Wildman–Crippen MR) is 17.3 cm³/mol. The minimum absolute atomic E-state index is 1.29. The zero-order valence-electron chi connectivity index (χ0n) is 2.56. The number of hydrogen-bond acceptors (Lipinski definition) is 1. The molecule has 0 aromatic rings. The summed E-state index contributed by atoms with van der Waals surface area (Å²) < 4.78 is 2.46. The molecule has 5 heavy (non-hydrogen) atoms. The quantitative estimate of drug-likeness (QED) is 0.415. The van der Waals surface area contributed by atoms with Crippen molar-refractivity contribution in [1.29, 1.82) is 0 Å². The van der Waals surface area contributed by atoms with E-state index in [9.17, 15) is 0 Å². The minimum atomic E-state index is 1.29. The van der Waals surface area contributed by atoms with Gasteiger partial charge in [0.15, 0.2) is 0 Å². The van der Waals surface area contributed by atoms with Crippen LogP contribution in [0.1, 0.15) is 0 Å². The molecule has 0 spiro atoms. The van der Waals surface area contributed by atoms with Crippen LogP contribution in [-0.2, 0) is 15.9 Å². The van der Waals surface area contributed by atoms with Gasteiger partial charge in [0, 0.05) is 0 Å². The Labute approximate surface area is 38.8 Å². The molecule has 0 aromatic carbocycles. The van der Waals surface area contributed by atoms with Gasteiger partial charge in [0.05, 0.1) is 0 Å². The van der Waals surface area contributed by atoms with Crippen molar-refractivity contribution in [2.75, 3.05) is 0 Å². The van der Waals surface area contributed by atoms with Gasteiger partial charge in [-0.3, -0.25) is 0 Å². The Bertz CT molecular complexity index is 85.1. The van der Waals surface area contributed by atoms with Crippen LogP contribution in [0.25, 0.3) is 0 Å². The molecule has 0 bridgehead atoms. The second kappa shape index (κ2) is 3.76. The Morgan fingerprint density at radius 2 is 2.40 bits per heavy atom. The molecule has 0 aromatic heterocycles. The van der Waals surface area contributed by atoms with E-state index in [1.807, 2.05) is 0 Å². The first-order valence-corrected chi connectivity index (χ1v) is 1.71. The summed E-state index contributed by atoms with van der Waals surface area (Å²) in [4.78, 5) is 0. The zero-order chi connectivity index (χ0) is 4.12. The first-order valence-electron chi connectivity index (χ1n) is 1.08. The van der Waals surface area contributed by atoms with Crippen LogP contribution in [0, 0.1) is 0 Å². The molecular formula is C3H3CrN. The maximum atomic E-state index is 4.82. The maximum absolute atomic E-state index is 4.82. The van der Waals surface area contributed by atoms with Gasteiger partial charge in [-0.05, 0) is 0 Å². The summed E-state index contributed by atoms with van der Waals surface area (Å²) in [5.41, 5.74) is 7.28. The molecule has 0 atom stereocenters. The molecule has 0 radical (unpaired) electrons. The Hall–Kier alpha value is -0.238. The van der Waals surface area contributed by atoms with E-state index in [-0.39, 0.29) is 0 Å². The normalized spacial score (nSPS) is 4.00. The molecular weight excluding hydrogens is 102 g/mol. The van der Waals surface area contributed by atoms with Gasteiger partial charge in [-0.15, -0.1) is 0 Å². The van der Waals surface area contributed by atoms with Gasteiger partial charge < -0.3 is 0 Å². The van der Waals surface area contributed by atoms with Gasteiger partial charge in [-0.25, -0.2) is 0 Å². The van der Waals surface area contributed by atoms with Crippen molar-refractivity contribution in [2.45, 2.75) is 0 Å². The van der Waals surface area contributed by atoms with Crippen LogP contribution in [0.2, 0.25) is 0 Å². The van der Waals surface area contributed by atoms with Gasteiger partial charge in [0.1, 0.15) is 0 Å². The van der Waals surface area contributed by atoms with Crippen LogP contribution in [0.3, 0.4) is 0 Å². The van der Waals surface area contributed by atoms with Crippen molar-refractivity contribution in [3.63, 3.8) is 0 Å². The molecule has 0 saturated heterocycles. The molecule has 2 N–H and O–H groups in total. The Balaban J connectivity index is 3.75. The van der Waals surface area contributed by atoms with E-state index in [1.165, 1.54) is 6.20 Å². The van der Waals surface area contributed by atoms with Crippen molar-refractivity contribution in [3.05, 3.63) is 11.9 Å². The van der Waals surface area contributed by atoms with E-state index in [0.717, 1.165) is 0 Å². The van der Waals surface area contributed by atoms with Gasteiger partial charge in [-0.2, -0.15) is 0 Å². The van der Waals surface area contributed by atoms with Crippen molar-refractivity contribution in [2.24, 2.45) is 5.73 Å². The molecule has 0 aliphatic heterocycles. The number of rotatable bonds is 0. The first-order chi connectivity index (χ1) is 2.41. The molecule has 2 heteroatoms. The summed E-state index contributed by atoms with van der Waals surface area (Å²) in [5.74, 6) is 0. The molecule has 0 saturated carbocycles. The van der Waals surface area contributed by atoms with Gasteiger partial charge >= 0.3 is 38.1 Å². The Kier molecular flexibility index (Phi) is 3.58. The Morgan fingerprint density at radius 3 is 2.40 bits per heavy atom. The van der Waals surface area contributed by atoms with Crippen LogP contribution >= 0.6 is 0 Å². The second-order valence-electron chi connectivity index (χ2n) is 0.413. The molecule has 0 unspecified atom stereocenters. The average Bonchev–Trinajstić information content (AvgIpc) is 1.41. The van der Waals surface area contributed by atoms with E-state index in [1.54, 1.807) is 0 Å². The fraction of sp³-hybridized carbons (Fsp3) is 0. The van der Waals surface area contributed by atoms with Crippen molar-refractivity contribution < 1.29 is 15.9 Å². The van der Waals surface area contributed by atoms with E-state index in [0.29, 0.717) is 0 Å². The topological polar surface area (TPSA) is 26.0 Å². The Morgan fingerprint density at radius 1 is 1.80 bits per heavy atom. The first kappa shape index (κ1) is 4.76. The molecule has 0 amide bonds. The third-order valence-electron chi connectivity index (χ3n) is 0.142. The zero-order valence-corrected chi connectivity index (χ0v) is 3.84. The van der Waals surface area contributed by atoms with Crippen molar-refractivity contribution in [1.82, 2.24) is 0 Å². The van der Waals surface area contributed by atoms with Crippen molar-refractivity contribution >= 4 is 4.54 Å². The predicted octanol–water partition coefficient (Wildman–Crippen LogP) is -0.438. The van der Waals surface area contributed by atoms with Gasteiger partial charge in [0.2, 0.25) is 0 Å². The summed E-state index contributed by atoms with van der Waals surface area (Å²) in [6.45, 7) is 0. The third kappa shape index (κ3) is 3.76. The summed E-state index contributed by atoms with van der Waals surface area (Å²) >= 11 is 2.47. The molecule has 0 fully saturated rings. The van der Waals surface area contributed by atoms with Crippen LogP contribution in [0.5, 0.6) is 0 Å². The van der Waals surface area contributed by atoms with Crippen molar-refractivity contribution in [3.8, 4) is 0 Å². The second-order valence-corrected chi connectivity index (χ2v) is 0.732. The van der Waals surface area contributed by atoms with E-state index < -0.39 is 0 Å². The number of hydrogen-bond donors (Lipinski definition) is 1. The fourth-order valence-electron chi connectivity index (χ4n) is 0.0340. The van der Waals surface area contributed by atoms with E-state index in [2.05, 4.69) is 26.1 Å². The van der Waals surface area contributed by atoms with Crippen LogP contribution in [-0.4, -0.2) is 4.54 Å². The SMILES string of the molecule is NC=C=[C]=[Cr]. The average molecular weight is 105 g/mol. The summed E-state index contributed by atoms with van der Waals surface area (Å²) in [6.07, 6.45) is 1.29. The number of nitrogens with two attached hydrogens (primary N) is 1. The summed E-state index contributed by atoms with van der Waals surface area (Å²) in [6, 6.07) is 0. The van der Waals surface area contributed by atoms with E-state index >= 15 is 0 Å². The molecule has 0 rings (SSSR count). The standard InChI is InChI=1S/C3H3N.Cr/c1-2-3-4;/h3H,4H2;. The molecule has 1 nitrogen and oxygen atoms in total. The molecule has 26 valence electrons. The monoisotopic (exact) mass is 105 g/mol. The summed E-state index contributed by atoms with van der Waals surface area (Å²) in [5, 5.41) is 0. The van der Waals surface area contributed by atoms with E-state index in [4.69, 9.17) is 5.73 Å². The summed E-state index contributed by atoms with van der Waals surface area (Å²) in [7, 11) is 0. The van der Waals surface area contributed by atoms with Crippen LogP contribution in [0.4, 0.5) is 0 Å². The molecule has 0 aliphatic carbocycles. The van der Waals surface area contributed by atoms with Gasteiger partial charge in [0.25, 0.3) is 0 Å². The molecule has 0 aliphatic rings.